The Morgan fingerprint density at radius 1 is 1.47 bits per heavy atom. The first-order valence-electron chi connectivity index (χ1n) is 3.66. The summed E-state index contributed by atoms with van der Waals surface area (Å²) < 4.78 is 22.3. The van der Waals surface area contributed by atoms with E-state index in [1.165, 1.54) is 0 Å². The number of benzene rings is 1. The smallest absolute Gasteiger partial charge is 0.287 e. The lowest BCUT2D eigenvalue weighted by molar-refractivity contribution is -0.384. The van der Waals surface area contributed by atoms with E-state index in [9.17, 15) is 18.5 Å². The van der Waals surface area contributed by atoms with Crippen molar-refractivity contribution in [3.05, 3.63) is 33.3 Å². The summed E-state index contributed by atoms with van der Waals surface area (Å²) in [5.41, 5.74) is -0.381. The molecule has 0 saturated carbocycles. The van der Waals surface area contributed by atoms with Gasteiger partial charge in [0.15, 0.2) is 0 Å². The second-order valence-electron chi connectivity index (χ2n) is 2.61. The van der Waals surface area contributed by atoms with E-state index in [1.54, 1.807) is 0 Å². The highest BCUT2D eigenvalue weighted by Crippen LogP contribution is 2.27. The van der Waals surface area contributed by atoms with Crippen molar-refractivity contribution in [2.45, 2.75) is 4.90 Å². The highest BCUT2D eigenvalue weighted by Gasteiger charge is 2.18. The summed E-state index contributed by atoms with van der Waals surface area (Å²) in [5, 5.41) is 18.6. The first kappa shape index (κ1) is 11.9. The lowest BCUT2D eigenvalue weighted by Crippen LogP contribution is -2.05. The largest absolute Gasteiger partial charge is 0.380 e. The molecule has 0 bridgehead atoms. The van der Waals surface area contributed by atoms with Gasteiger partial charge in [-0.2, -0.15) is 0 Å². The van der Waals surface area contributed by atoms with E-state index in [4.69, 9.17) is 16.7 Å². The van der Waals surface area contributed by atoms with Crippen molar-refractivity contribution in [3.8, 4) is 0 Å². The molecule has 1 rings (SSSR count). The molecule has 0 amide bonds. The minimum atomic E-state index is -3.81. The molecule has 0 aromatic heterocycles. The number of nitro groups is 1. The summed E-state index contributed by atoms with van der Waals surface area (Å²) in [6, 6.07) is 2.94. The van der Waals surface area contributed by atoms with Gasteiger partial charge in [0.2, 0.25) is 9.84 Å². The third-order valence-corrected chi connectivity index (χ3v) is 3.26. The van der Waals surface area contributed by atoms with E-state index in [2.05, 4.69) is 0 Å². The van der Waals surface area contributed by atoms with Gasteiger partial charge in [-0.1, -0.05) is 11.6 Å². The topological polar surface area (TPSA) is 97.5 Å². The van der Waals surface area contributed by atoms with Crippen LogP contribution in [0.1, 0.15) is 0 Å². The molecule has 15 heavy (non-hydrogen) atoms. The van der Waals surface area contributed by atoms with Crippen LogP contribution < -0.4 is 0 Å². The third kappa shape index (κ3) is 2.44. The van der Waals surface area contributed by atoms with Gasteiger partial charge < -0.3 is 5.11 Å². The average molecular weight is 252 g/mol. The molecule has 0 heterocycles. The van der Waals surface area contributed by atoms with Crippen LogP contribution in [0.15, 0.2) is 23.1 Å². The van der Waals surface area contributed by atoms with Crippen LogP contribution in [-0.2, 0) is 9.84 Å². The Labute approximate surface area is 90.2 Å². The van der Waals surface area contributed by atoms with Crippen LogP contribution in [0.4, 0.5) is 5.69 Å². The molecular weight excluding hydrogens is 246 g/mol. The minimum Gasteiger partial charge on any atom is -0.380 e. The van der Waals surface area contributed by atoms with Crippen molar-refractivity contribution in [1.82, 2.24) is 0 Å². The average Bonchev–Trinajstić information content (AvgIpc) is 2.17. The van der Waals surface area contributed by atoms with E-state index in [1.807, 2.05) is 0 Å². The molecule has 1 N–H and O–H groups in total. The number of halogens is 1. The molecule has 0 saturated heterocycles. The van der Waals surface area contributed by atoms with E-state index < -0.39 is 20.7 Å². The number of aliphatic hydroxyl groups is 1. The zero-order valence-electron chi connectivity index (χ0n) is 7.25. The fraction of sp³-hybridized carbons (Fsp3) is 0.143. The minimum absolute atomic E-state index is 0.249. The van der Waals surface area contributed by atoms with Gasteiger partial charge >= 0.3 is 0 Å². The second kappa shape index (κ2) is 4.13. The van der Waals surface area contributed by atoms with E-state index in [0.717, 1.165) is 18.2 Å². The molecule has 0 aliphatic carbocycles. The Balaban J connectivity index is 3.30. The molecule has 0 fully saturated rings. The molecule has 8 heteroatoms. The number of nitro benzene ring substituents is 1. The van der Waals surface area contributed by atoms with Crippen LogP contribution >= 0.6 is 11.6 Å². The fourth-order valence-corrected chi connectivity index (χ4v) is 1.94. The highest BCUT2D eigenvalue weighted by molar-refractivity contribution is 7.91. The van der Waals surface area contributed by atoms with Gasteiger partial charge in [-0.25, -0.2) is 8.42 Å². The third-order valence-electron chi connectivity index (χ3n) is 1.64. The first-order chi connectivity index (χ1) is 6.88. The predicted octanol–water partition coefficient (Wildman–Crippen LogP) is 0.972. The van der Waals surface area contributed by atoms with Crippen molar-refractivity contribution in [1.29, 1.82) is 0 Å². The monoisotopic (exact) mass is 251 g/mol. The van der Waals surface area contributed by atoms with Gasteiger partial charge in [0, 0.05) is 6.07 Å². The van der Waals surface area contributed by atoms with Gasteiger partial charge in [-0.05, 0) is 12.1 Å². The zero-order valence-corrected chi connectivity index (χ0v) is 8.83. The van der Waals surface area contributed by atoms with Crippen molar-refractivity contribution in [2.75, 3.05) is 5.94 Å². The summed E-state index contributed by atoms with van der Waals surface area (Å²) in [5.74, 6) is -1.07. The Morgan fingerprint density at radius 2 is 2.07 bits per heavy atom. The maximum absolute atomic E-state index is 11.2. The van der Waals surface area contributed by atoms with E-state index in [0.29, 0.717) is 0 Å². The van der Waals surface area contributed by atoms with E-state index >= 15 is 0 Å². The standard InChI is InChI=1S/C7H6ClNO5S/c8-6-3-5(15(13,14)4-10)1-2-7(6)9(11)12/h1-3,10H,4H2. The maximum Gasteiger partial charge on any atom is 0.287 e. The SMILES string of the molecule is O=[N+]([O-])c1ccc(S(=O)(=O)CO)cc1Cl. The zero-order chi connectivity index (χ0) is 11.6. The molecule has 0 aliphatic heterocycles. The summed E-state index contributed by atoms with van der Waals surface area (Å²) in [6.45, 7) is 0. The van der Waals surface area contributed by atoms with Crippen molar-refractivity contribution >= 4 is 27.1 Å². The van der Waals surface area contributed by atoms with Gasteiger partial charge in [0.05, 0.1) is 9.82 Å². The summed E-state index contributed by atoms with van der Waals surface area (Å²) in [4.78, 5) is 9.40. The van der Waals surface area contributed by atoms with Gasteiger partial charge in [-0.3, -0.25) is 10.1 Å². The molecule has 0 radical (unpaired) electrons. The molecule has 0 aliphatic rings. The maximum atomic E-state index is 11.2. The Bertz CT molecular complexity index is 498. The molecular formula is C7H6ClNO5S. The molecule has 6 nitrogen and oxygen atoms in total. The summed E-state index contributed by atoms with van der Waals surface area (Å²) >= 11 is 5.50. The number of rotatable bonds is 3. The second-order valence-corrected chi connectivity index (χ2v) is 4.98. The van der Waals surface area contributed by atoms with E-state index in [-0.39, 0.29) is 15.6 Å². The normalized spacial score (nSPS) is 11.3. The molecule has 0 atom stereocenters. The number of aliphatic hydroxyl groups excluding tert-OH is 1. The van der Waals surface area contributed by atoms with Crippen molar-refractivity contribution < 1.29 is 18.4 Å². The first-order valence-corrected chi connectivity index (χ1v) is 5.69. The number of sulfone groups is 1. The quantitative estimate of drug-likeness (QED) is 0.638. The molecule has 0 unspecified atom stereocenters. The molecule has 1 aromatic rings. The van der Waals surface area contributed by atoms with Gasteiger partial charge in [-0.15, -0.1) is 0 Å². The van der Waals surface area contributed by atoms with Crippen LogP contribution in [-0.4, -0.2) is 24.4 Å². The van der Waals surface area contributed by atoms with Crippen molar-refractivity contribution in [3.63, 3.8) is 0 Å². The van der Waals surface area contributed by atoms with Crippen LogP contribution in [0.3, 0.4) is 0 Å². The van der Waals surface area contributed by atoms with Crippen LogP contribution in [0.5, 0.6) is 0 Å². The molecule has 1 aromatic carbocycles. The van der Waals surface area contributed by atoms with Crippen molar-refractivity contribution in [2.24, 2.45) is 0 Å². The number of hydrogen-bond donors (Lipinski definition) is 1. The summed E-state index contributed by atoms with van der Waals surface area (Å²) in [6.07, 6.45) is 0. The van der Waals surface area contributed by atoms with Gasteiger partial charge in [0.25, 0.3) is 5.69 Å². The predicted molar refractivity (Wildman–Crippen MR) is 52.4 cm³/mol. The fourth-order valence-electron chi connectivity index (χ4n) is 0.904. The molecule has 0 spiro atoms. The van der Waals surface area contributed by atoms with Crippen LogP contribution in [0, 0.1) is 10.1 Å². The van der Waals surface area contributed by atoms with Gasteiger partial charge in [0.1, 0.15) is 11.0 Å². The lowest BCUT2D eigenvalue weighted by Gasteiger charge is -2.01. The Kier molecular flexibility index (Phi) is 3.28. The number of nitrogens with zero attached hydrogens (tertiary/aromatic N) is 1. The van der Waals surface area contributed by atoms with Crippen LogP contribution in [0.2, 0.25) is 5.02 Å². The Hall–Kier alpha value is -1.18. The Morgan fingerprint density at radius 3 is 2.47 bits per heavy atom. The highest BCUT2D eigenvalue weighted by atomic mass is 35.5. The molecule has 82 valence electrons. The lowest BCUT2D eigenvalue weighted by atomic mass is 10.3. The number of hydrogen-bond acceptors (Lipinski definition) is 5. The summed E-state index contributed by atoms with van der Waals surface area (Å²) in [7, 11) is -3.81. The van der Waals surface area contributed by atoms with Crippen LogP contribution in [0.25, 0.3) is 0 Å².